The molecule has 1 aromatic carbocycles. The minimum Gasteiger partial charge on any atom is -0.494 e. The highest BCUT2D eigenvalue weighted by Crippen LogP contribution is 2.24. The van der Waals surface area contributed by atoms with Crippen molar-refractivity contribution in [1.29, 1.82) is 0 Å². The molecule has 3 heteroatoms. The molecule has 0 N–H and O–H groups in total. The van der Waals surface area contributed by atoms with Gasteiger partial charge in [0.1, 0.15) is 5.75 Å². The van der Waals surface area contributed by atoms with Crippen LogP contribution in [0.4, 0.5) is 0 Å². The van der Waals surface area contributed by atoms with Crippen LogP contribution < -0.4 is 4.74 Å². The highest BCUT2D eigenvalue weighted by molar-refractivity contribution is 5.68. The first-order valence-corrected chi connectivity index (χ1v) is 8.23. The van der Waals surface area contributed by atoms with E-state index in [0.717, 1.165) is 44.5 Å². The number of unbranched alkanes of at least 4 members (excludes halogenated alkanes) is 4. The van der Waals surface area contributed by atoms with E-state index in [-0.39, 0.29) is 11.4 Å². The molecule has 0 radical (unpaired) electrons. The molecule has 1 rings (SSSR count). The molecule has 0 aromatic heterocycles. The first kappa shape index (κ1) is 18.5. The fourth-order valence-electron chi connectivity index (χ4n) is 2.24. The highest BCUT2D eigenvalue weighted by atomic mass is 16.5. The Bertz CT molecular complexity index is 429. The number of methoxy groups -OCH3 is 1. The second kappa shape index (κ2) is 9.50. The molecule has 0 aliphatic carbocycles. The van der Waals surface area contributed by atoms with Gasteiger partial charge in [-0.25, -0.2) is 0 Å². The summed E-state index contributed by atoms with van der Waals surface area (Å²) in [6.07, 6.45) is 5.87. The molecule has 124 valence electrons. The fraction of sp³-hybridized carbons (Fsp3) is 0.632. The van der Waals surface area contributed by atoms with E-state index >= 15 is 0 Å². The van der Waals surface area contributed by atoms with Crippen molar-refractivity contribution in [3.05, 3.63) is 29.8 Å². The van der Waals surface area contributed by atoms with Gasteiger partial charge in [-0.3, -0.25) is 4.79 Å². The van der Waals surface area contributed by atoms with Crippen LogP contribution in [-0.2, 0) is 14.9 Å². The van der Waals surface area contributed by atoms with Gasteiger partial charge in [0.15, 0.2) is 0 Å². The van der Waals surface area contributed by atoms with Gasteiger partial charge in [-0.15, -0.1) is 0 Å². The summed E-state index contributed by atoms with van der Waals surface area (Å²) in [5, 5.41) is 0. The molecule has 1 aromatic rings. The van der Waals surface area contributed by atoms with E-state index in [1.165, 1.54) is 12.7 Å². The Labute approximate surface area is 135 Å². The topological polar surface area (TPSA) is 35.5 Å². The molecule has 0 saturated heterocycles. The maximum absolute atomic E-state index is 10.9. The van der Waals surface area contributed by atoms with Gasteiger partial charge in [-0.1, -0.05) is 52.2 Å². The van der Waals surface area contributed by atoms with E-state index in [4.69, 9.17) is 4.74 Å². The number of carbonyl (C=O) groups excluding carboxylic acids is 1. The highest BCUT2D eigenvalue weighted by Gasteiger charge is 2.12. The Morgan fingerprint density at radius 3 is 2.14 bits per heavy atom. The third-order valence-corrected chi connectivity index (χ3v) is 3.74. The van der Waals surface area contributed by atoms with Crippen molar-refractivity contribution in [2.45, 2.75) is 64.7 Å². The van der Waals surface area contributed by atoms with E-state index in [0.29, 0.717) is 6.42 Å². The smallest absolute Gasteiger partial charge is 0.305 e. The van der Waals surface area contributed by atoms with Crippen LogP contribution >= 0.6 is 0 Å². The summed E-state index contributed by atoms with van der Waals surface area (Å²) in [5.74, 6) is 0.834. The van der Waals surface area contributed by atoms with Gasteiger partial charge < -0.3 is 9.47 Å². The lowest BCUT2D eigenvalue weighted by Gasteiger charge is -2.19. The molecule has 0 saturated carbocycles. The summed E-state index contributed by atoms with van der Waals surface area (Å²) in [6, 6.07) is 8.39. The summed E-state index contributed by atoms with van der Waals surface area (Å²) in [5.41, 5.74) is 1.51. The van der Waals surface area contributed by atoms with Crippen molar-refractivity contribution in [3.63, 3.8) is 0 Å². The van der Waals surface area contributed by atoms with Gasteiger partial charge in [-0.05, 0) is 36.0 Å². The molecule has 0 heterocycles. The standard InChI is InChI=1S/C19H30O3/c1-19(2,3)16-11-13-17(14-12-16)22-15-9-7-5-6-8-10-18(20)21-4/h11-14H,5-10,15H2,1-4H3. The SMILES string of the molecule is COC(=O)CCCCCCCOc1ccc(C(C)(C)C)cc1. The van der Waals surface area contributed by atoms with Gasteiger partial charge in [0.25, 0.3) is 0 Å². The third kappa shape index (κ3) is 7.48. The average molecular weight is 306 g/mol. The maximum Gasteiger partial charge on any atom is 0.305 e. The third-order valence-electron chi connectivity index (χ3n) is 3.74. The number of hydrogen-bond acceptors (Lipinski definition) is 3. The average Bonchev–Trinajstić information content (AvgIpc) is 2.49. The van der Waals surface area contributed by atoms with Crippen LogP contribution in [0.1, 0.15) is 64.9 Å². The zero-order chi connectivity index (χ0) is 16.4. The van der Waals surface area contributed by atoms with E-state index in [2.05, 4.69) is 49.8 Å². The molecule has 0 bridgehead atoms. The molecule has 0 aliphatic heterocycles. The van der Waals surface area contributed by atoms with Gasteiger partial charge in [0.2, 0.25) is 0 Å². The lowest BCUT2D eigenvalue weighted by Crippen LogP contribution is -2.10. The zero-order valence-corrected chi connectivity index (χ0v) is 14.5. The van der Waals surface area contributed by atoms with Crippen LogP contribution in [0.2, 0.25) is 0 Å². The Morgan fingerprint density at radius 2 is 1.55 bits per heavy atom. The molecule has 0 fully saturated rings. The van der Waals surface area contributed by atoms with Gasteiger partial charge in [0.05, 0.1) is 13.7 Å². The van der Waals surface area contributed by atoms with Crippen LogP contribution in [0.3, 0.4) is 0 Å². The lowest BCUT2D eigenvalue weighted by atomic mass is 9.87. The van der Waals surface area contributed by atoms with Gasteiger partial charge >= 0.3 is 5.97 Å². The Balaban J connectivity index is 2.09. The molecular formula is C19H30O3. The number of hydrogen-bond donors (Lipinski definition) is 0. The molecule has 0 aliphatic rings. The second-order valence-electron chi connectivity index (χ2n) is 6.72. The van der Waals surface area contributed by atoms with Crippen molar-refractivity contribution in [3.8, 4) is 5.75 Å². The Kier molecular flexibility index (Phi) is 8.00. The summed E-state index contributed by atoms with van der Waals surface area (Å²) < 4.78 is 10.4. The largest absolute Gasteiger partial charge is 0.494 e. The van der Waals surface area contributed by atoms with Crippen LogP contribution in [0.5, 0.6) is 5.75 Å². The van der Waals surface area contributed by atoms with Gasteiger partial charge in [0, 0.05) is 6.42 Å². The summed E-state index contributed by atoms with van der Waals surface area (Å²) in [4.78, 5) is 10.9. The lowest BCUT2D eigenvalue weighted by molar-refractivity contribution is -0.140. The monoisotopic (exact) mass is 306 g/mol. The summed E-state index contributed by atoms with van der Waals surface area (Å²) in [7, 11) is 1.44. The number of ether oxygens (including phenoxy) is 2. The molecule has 0 amide bonds. The number of esters is 1. The first-order valence-electron chi connectivity index (χ1n) is 8.23. The van der Waals surface area contributed by atoms with Crippen molar-refractivity contribution >= 4 is 5.97 Å². The minimum atomic E-state index is -0.109. The molecule has 22 heavy (non-hydrogen) atoms. The number of rotatable bonds is 9. The quantitative estimate of drug-likeness (QED) is 0.482. The van der Waals surface area contributed by atoms with Gasteiger partial charge in [-0.2, -0.15) is 0 Å². The summed E-state index contributed by atoms with van der Waals surface area (Å²) >= 11 is 0. The second-order valence-corrected chi connectivity index (χ2v) is 6.72. The molecule has 3 nitrogen and oxygen atoms in total. The van der Waals surface area contributed by atoms with E-state index in [1.807, 2.05) is 0 Å². The molecule has 0 atom stereocenters. The van der Waals surface area contributed by atoms with Crippen molar-refractivity contribution in [2.75, 3.05) is 13.7 Å². The van der Waals surface area contributed by atoms with Crippen LogP contribution in [0.25, 0.3) is 0 Å². The van der Waals surface area contributed by atoms with Crippen LogP contribution in [0.15, 0.2) is 24.3 Å². The van der Waals surface area contributed by atoms with Crippen molar-refractivity contribution < 1.29 is 14.3 Å². The number of carbonyl (C=O) groups is 1. The van der Waals surface area contributed by atoms with Crippen LogP contribution in [-0.4, -0.2) is 19.7 Å². The maximum atomic E-state index is 10.9. The zero-order valence-electron chi connectivity index (χ0n) is 14.5. The number of benzene rings is 1. The minimum absolute atomic E-state index is 0.109. The first-order chi connectivity index (χ1) is 10.4. The predicted octanol–water partition coefficient (Wildman–Crippen LogP) is 4.88. The summed E-state index contributed by atoms with van der Waals surface area (Å²) in [6.45, 7) is 7.39. The van der Waals surface area contributed by atoms with E-state index in [1.54, 1.807) is 0 Å². The van der Waals surface area contributed by atoms with E-state index in [9.17, 15) is 4.79 Å². The Hall–Kier alpha value is -1.51. The van der Waals surface area contributed by atoms with Crippen molar-refractivity contribution in [1.82, 2.24) is 0 Å². The Morgan fingerprint density at radius 1 is 0.955 bits per heavy atom. The molecule has 0 unspecified atom stereocenters. The van der Waals surface area contributed by atoms with Crippen molar-refractivity contribution in [2.24, 2.45) is 0 Å². The predicted molar refractivity (Wildman–Crippen MR) is 90.4 cm³/mol. The van der Waals surface area contributed by atoms with Crippen LogP contribution in [0, 0.1) is 0 Å². The molecule has 0 spiro atoms. The van der Waals surface area contributed by atoms with E-state index < -0.39 is 0 Å². The fourth-order valence-corrected chi connectivity index (χ4v) is 2.24. The molecular weight excluding hydrogens is 276 g/mol. The normalized spacial score (nSPS) is 11.3.